The van der Waals surface area contributed by atoms with Crippen molar-refractivity contribution in [3.8, 4) is 0 Å². The van der Waals surface area contributed by atoms with Gasteiger partial charge in [-0.1, -0.05) is 54.4 Å². The van der Waals surface area contributed by atoms with Crippen LogP contribution in [0.4, 0.5) is 0 Å². The SMILES string of the molecule is CCCC(C)(CC)C(C)(C)C. The molecule has 11 heavy (non-hydrogen) atoms. The molecule has 0 bridgehead atoms. The first kappa shape index (κ1) is 11.0. The van der Waals surface area contributed by atoms with E-state index < -0.39 is 0 Å². The fraction of sp³-hybridized carbons (Fsp3) is 1.00. The first-order valence-corrected chi connectivity index (χ1v) is 4.87. The van der Waals surface area contributed by atoms with E-state index >= 15 is 0 Å². The minimum absolute atomic E-state index is 0.456. The Balaban J connectivity index is 4.33. The van der Waals surface area contributed by atoms with Gasteiger partial charge >= 0.3 is 0 Å². The molecule has 0 aliphatic heterocycles. The fourth-order valence-electron chi connectivity index (χ4n) is 1.63. The maximum atomic E-state index is 2.41. The van der Waals surface area contributed by atoms with Gasteiger partial charge in [0.2, 0.25) is 0 Å². The summed E-state index contributed by atoms with van der Waals surface area (Å²) < 4.78 is 0. The van der Waals surface area contributed by atoms with Crippen LogP contribution in [0.3, 0.4) is 0 Å². The zero-order valence-corrected chi connectivity index (χ0v) is 9.12. The van der Waals surface area contributed by atoms with E-state index in [1.165, 1.54) is 19.3 Å². The lowest BCUT2D eigenvalue weighted by atomic mass is 9.64. The molecule has 0 aliphatic carbocycles. The Bertz CT molecular complexity index is 108. The summed E-state index contributed by atoms with van der Waals surface area (Å²) in [6.45, 7) is 14.1. The third-order valence-electron chi connectivity index (χ3n) is 3.39. The summed E-state index contributed by atoms with van der Waals surface area (Å²) in [7, 11) is 0. The van der Waals surface area contributed by atoms with Crippen molar-refractivity contribution in [1.82, 2.24) is 0 Å². The van der Waals surface area contributed by atoms with E-state index in [1.54, 1.807) is 0 Å². The molecular weight excluding hydrogens is 132 g/mol. The van der Waals surface area contributed by atoms with Crippen LogP contribution in [-0.2, 0) is 0 Å². The summed E-state index contributed by atoms with van der Waals surface area (Å²) in [5, 5.41) is 0. The largest absolute Gasteiger partial charge is 0.0654 e. The van der Waals surface area contributed by atoms with Crippen LogP contribution in [0.5, 0.6) is 0 Å². The molecule has 0 aliphatic rings. The molecule has 0 heteroatoms. The summed E-state index contributed by atoms with van der Waals surface area (Å²) in [6.07, 6.45) is 3.96. The number of hydrogen-bond donors (Lipinski definition) is 0. The van der Waals surface area contributed by atoms with Crippen LogP contribution in [0.15, 0.2) is 0 Å². The van der Waals surface area contributed by atoms with Gasteiger partial charge in [-0.25, -0.2) is 0 Å². The van der Waals surface area contributed by atoms with Crippen molar-refractivity contribution in [3.05, 3.63) is 0 Å². The smallest absolute Gasteiger partial charge is 0.0280 e. The van der Waals surface area contributed by atoms with Gasteiger partial charge in [0, 0.05) is 0 Å². The molecule has 1 atom stereocenters. The summed E-state index contributed by atoms with van der Waals surface area (Å²) in [4.78, 5) is 0. The second-order valence-electron chi connectivity index (χ2n) is 4.91. The maximum absolute atomic E-state index is 2.41. The molecule has 0 aromatic rings. The summed E-state index contributed by atoms with van der Waals surface area (Å²) in [5.41, 5.74) is 0.986. The van der Waals surface area contributed by atoms with Crippen molar-refractivity contribution < 1.29 is 0 Å². The van der Waals surface area contributed by atoms with Crippen LogP contribution in [0.1, 0.15) is 60.8 Å². The Morgan fingerprint density at radius 3 is 1.45 bits per heavy atom. The zero-order valence-electron chi connectivity index (χ0n) is 9.12. The minimum atomic E-state index is 0.456. The predicted octanol–water partition coefficient (Wildman–Crippen LogP) is 4.25. The van der Waals surface area contributed by atoms with E-state index in [1.807, 2.05) is 0 Å². The molecule has 1 unspecified atom stereocenters. The summed E-state index contributed by atoms with van der Waals surface area (Å²) in [6, 6.07) is 0. The molecular formula is C11H24. The average molecular weight is 156 g/mol. The highest BCUT2D eigenvalue weighted by Gasteiger charge is 2.34. The van der Waals surface area contributed by atoms with E-state index in [4.69, 9.17) is 0 Å². The molecule has 0 heterocycles. The lowest BCUT2D eigenvalue weighted by Crippen LogP contribution is -2.31. The molecule has 0 nitrogen and oxygen atoms in total. The molecule has 0 aromatic heterocycles. The molecule has 0 rings (SSSR count). The van der Waals surface area contributed by atoms with Gasteiger partial charge in [0.25, 0.3) is 0 Å². The van der Waals surface area contributed by atoms with Gasteiger partial charge in [-0.2, -0.15) is 0 Å². The van der Waals surface area contributed by atoms with E-state index in [2.05, 4.69) is 41.5 Å². The average Bonchev–Trinajstić information content (AvgIpc) is 1.86. The van der Waals surface area contributed by atoms with Gasteiger partial charge in [0.15, 0.2) is 0 Å². The van der Waals surface area contributed by atoms with Crippen LogP contribution >= 0.6 is 0 Å². The lowest BCUT2D eigenvalue weighted by Gasteiger charge is -2.41. The summed E-state index contributed by atoms with van der Waals surface area (Å²) in [5.74, 6) is 0. The van der Waals surface area contributed by atoms with Gasteiger partial charge in [-0.05, 0) is 17.3 Å². The standard InChI is InChI=1S/C11H24/c1-7-9-11(6,8-2)10(3,4)5/h7-9H2,1-6H3. The molecule has 0 aromatic carbocycles. The molecule has 0 saturated heterocycles. The topological polar surface area (TPSA) is 0 Å². The second-order valence-corrected chi connectivity index (χ2v) is 4.91. The van der Waals surface area contributed by atoms with Crippen LogP contribution in [-0.4, -0.2) is 0 Å². The number of hydrogen-bond acceptors (Lipinski definition) is 0. The van der Waals surface area contributed by atoms with E-state index in [-0.39, 0.29) is 0 Å². The Labute approximate surface area is 72.4 Å². The highest BCUT2D eigenvalue weighted by Crippen LogP contribution is 2.44. The Kier molecular flexibility index (Phi) is 3.60. The van der Waals surface area contributed by atoms with E-state index in [0.29, 0.717) is 10.8 Å². The van der Waals surface area contributed by atoms with Crippen molar-refractivity contribution in [2.75, 3.05) is 0 Å². The molecule has 0 N–H and O–H groups in total. The van der Waals surface area contributed by atoms with Crippen molar-refractivity contribution >= 4 is 0 Å². The third-order valence-corrected chi connectivity index (χ3v) is 3.39. The van der Waals surface area contributed by atoms with Crippen molar-refractivity contribution in [1.29, 1.82) is 0 Å². The molecule has 0 spiro atoms. The normalized spacial score (nSPS) is 18.0. The molecule has 0 fully saturated rings. The first-order chi connectivity index (χ1) is 4.87. The van der Waals surface area contributed by atoms with Crippen molar-refractivity contribution in [2.45, 2.75) is 60.8 Å². The second kappa shape index (κ2) is 3.60. The van der Waals surface area contributed by atoms with E-state index in [0.717, 1.165) is 0 Å². The zero-order chi connectivity index (χ0) is 9.12. The molecule has 0 radical (unpaired) electrons. The van der Waals surface area contributed by atoms with Crippen molar-refractivity contribution in [2.24, 2.45) is 10.8 Å². The van der Waals surface area contributed by atoms with Gasteiger partial charge in [0.1, 0.15) is 0 Å². The fourth-order valence-corrected chi connectivity index (χ4v) is 1.63. The maximum Gasteiger partial charge on any atom is -0.0280 e. The monoisotopic (exact) mass is 156 g/mol. The Morgan fingerprint density at radius 1 is 0.909 bits per heavy atom. The predicted molar refractivity (Wildman–Crippen MR) is 52.8 cm³/mol. The summed E-state index contributed by atoms with van der Waals surface area (Å²) >= 11 is 0. The minimum Gasteiger partial charge on any atom is -0.0654 e. The lowest BCUT2D eigenvalue weighted by molar-refractivity contribution is 0.0901. The van der Waals surface area contributed by atoms with Gasteiger partial charge in [-0.3, -0.25) is 0 Å². The van der Waals surface area contributed by atoms with E-state index in [9.17, 15) is 0 Å². The third kappa shape index (κ3) is 2.50. The number of rotatable bonds is 3. The molecule has 68 valence electrons. The first-order valence-electron chi connectivity index (χ1n) is 4.87. The van der Waals surface area contributed by atoms with Crippen LogP contribution in [0.2, 0.25) is 0 Å². The van der Waals surface area contributed by atoms with Crippen LogP contribution in [0.25, 0.3) is 0 Å². The molecule has 0 amide bonds. The highest BCUT2D eigenvalue weighted by molar-refractivity contribution is 4.84. The van der Waals surface area contributed by atoms with Gasteiger partial charge < -0.3 is 0 Å². The van der Waals surface area contributed by atoms with Gasteiger partial charge in [0.05, 0.1) is 0 Å². The molecule has 0 saturated carbocycles. The van der Waals surface area contributed by atoms with Crippen molar-refractivity contribution in [3.63, 3.8) is 0 Å². The Morgan fingerprint density at radius 2 is 1.36 bits per heavy atom. The Hall–Kier alpha value is 0. The highest BCUT2D eigenvalue weighted by atomic mass is 14.4. The quantitative estimate of drug-likeness (QED) is 0.573. The van der Waals surface area contributed by atoms with Crippen LogP contribution < -0.4 is 0 Å². The van der Waals surface area contributed by atoms with Gasteiger partial charge in [-0.15, -0.1) is 0 Å². The van der Waals surface area contributed by atoms with Crippen LogP contribution in [0, 0.1) is 10.8 Å².